The largest absolute Gasteiger partial charge is 0.487 e. The number of anilines is 1. The molecule has 2 aromatic heterocycles. The lowest BCUT2D eigenvalue weighted by Crippen LogP contribution is -2.24. The number of hydrogen-bond donors (Lipinski definition) is 1. The summed E-state index contributed by atoms with van der Waals surface area (Å²) in [5.74, 6) is 1.11. The van der Waals surface area contributed by atoms with E-state index in [1.54, 1.807) is 30.3 Å². The fraction of sp³-hybridized carbons (Fsp3) is 0.296. The predicted octanol–water partition coefficient (Wildman–Crippen LogP) is 5.97. The molecular weight excluding hydrogens is 429 g/mol. The molecule has 0 atom stereocenters. The van der Waals surface area contributed by atoms with Gasteiger partial charge in [-0.2, -0.15) is 10.4 Å². The van der Waals surface area contributed by atoms with Crippen molar-refractivity contribution in [3.8, 4) is 17.5 Å². The van der Waals surface area contributed by atoms with Crippen LogP contribution in [0.2, 0.25) is 0 Å². The van der Waals surface area contributed by atoms with E-state index in [4.69, 9.17) is 15.1 Å². The van der Waals surface area contributed by atoms with Crippen LogP contribution in [0.15, 0.2) is 60.8 Å². The number of fused-ring (bicyclic) bond motifs is 1. The minimum atomic E-state index is -0.319. The van der Waals surface area contributed by atoms with Crippen LogP contribution in [0.3, 0.4) is 0 Å². The van der Waals surface area contributed by atoms with Gasteiger partial charge in [0.25, 0.3) is 0 Å². The molecule has 4 aromatic rings. The van der Waals surface area contributed by atoms with Crippen LogP contribution in [-0.2, 0) is 0 Å². The maximum absolute atomic E-state index is 14.0. The first kappa shape index (κ1) is 21.9. The Bertz CT molecular complexity index is 1330. The van der Waals surface area contributed by atoms with E-state index in [0.29, 0.717) is 11.3 Å². The molecule has 0 amide bonds. The topological polar surface area (TPSA) is 75.8 Å². The molecule has 5 rings (SSSR count). The predicted molar refractivity (Wildman–Crippen MR) is 130 cm³/mol. The maximum Gasteiger partial charge on any atom is 0.165 e. The summed E-state index contributed by atoms with van der Waals surface area (Å²) >= 11 is 0. The minimum absolute atomic E-state index is 0.000915. The summed E-state index contributed by atoms with van der Waals surface area (Å²) < 4.78 is 21.9. The Hall–Kier alpha value is -3.92. The Morgan fingerprint density at radius 3 is 2.59 bits per heavy atom. The van der Waals surface area contributed by atoms with E-state index in [2.05, 4.69) is 22.4 Å². The molecule has 6 nitrogen and oxygen atoms in total. The molecule has 1 aliphatic carbocycles. The molecule has 1 aliphatic rings. The number of ether oxygens (including phenoxy) is 1. The zero-order valence-corrected chi connectivity index (χ0v) is 19.0. The first-order chi connectivity index (χ1) is 16.7. The second kappa shape index (κ2) is 9.52. The first-order valence-electron chi connectivity index (χ1n) is 11.7. The summed E-state index contributed by atoms with van der Waals surface area (Å²) in [5, 5.41) is 18.5. The van der Waals surface area contributed by atoms with Crippen molar-refractivity contribution in [3.05, 3.63) is 77.9 Å². The molecule has 0 spiro atoms. The molecular formula is C27H26FN5O. The zero-order valence-electron chi connectivity index (χ0n) is 19.0. The number of nitrogens with zero attached hydrogens (tertiary/aromatic N) is 4. The van der Waals surface area contributed by atoms with Gasteiger partial charge >= 0.3 is 0 Å². The van der Waals surface area contributed by atoms with Gasteiger partial charge in [-0.1, -0.05) is 12.1 Å². The van der Waals surface area contributed by atoms with Crippen molar-refractivity contribution >= 4 is 16.7 Å². The van der Waals surface area contributed by atoms with Gasteiger partial charge in [-0.25, -0.2) is 14.1 Å². The van der Waals surface area contributed by atoms with Crippen molar-refractivity contribution in [2.45, 2.75) is 44.6 Å². The number of para-hydroxylation sites is 1. The zero-order chi connectivity index (χ0) is 23.5. The molecule has 2 aromatic carbocycles. The number of nitriles is 1. The third-order valence-corrected chi connectivity index (χ3v) is 6.38. The Balaban J connectivity index is 1.43. The van der Waals surface area contributed by atoms with Crippen molar-refractivity contribution in [1.82, 2.24) is 14.8 Å². The lowest BCUT2D eigenvalue weighted by Gasteiger charge is -2.28. The van der Waals surface area contributed by atoms with Crippen LogP contribution in [0.4, 0.5) is 10.2 Å². The van der Waals surface area contributed by atoms with Gasteiger partial charge in [0, 0.05) is 17.8 Å². The average molecular weight is 456 g/mol. The number of rotatable bonds is 6. The Morgan fingerprint density at radius 1 is 1.12 bits per heavy atom. The summed E-state index contributed by atoms with van der Waals surface area (Å²) in [4.78, 5) is 4.56. The van der Waals surface area contributed by atoms with Gasteiger partial charge in [-0.05, 0) is 75.1 Å². The fourth-order valence-corrected chi connectivity index (χ4v) is 4.66. The summed E-state index contributed by atoms with van der Waals surface area (Å²) in [6, 6.07) is 18.2. The van der Waals surface area contributed by atoms with E-state index in [1.165, 1.54) is 6.07 Å². The molecule has 0 unspecified atom stereocenters. The van der Waals surface area contributed by atoms with Crippen LogP contribution in [0.25, 0.3) is 16.6 Å². The van der Waals surface area contributed by atoms with Crippen LogP contribution in [-0.4, -0.2) is 27.4 Å². The summed E-state index contributed by atoms with van der Waals surface area (Å²) in [7, 11) is 0. The Morgan fingerprint density at radius 2 is 1.88 bits per heavy atom. The summed E-state index contributed by atoms with van der Waals surface area (Å²) in [5.41, 5.74) is 3.49. The molecule has 0 aliphatic heterocycles. The van der Waals surface area contributed by atoms with Gasteiger partial charge < -0.3 is 10.1 Å². The van der Waals surface area contributed by atoms with E-state index in [-0.39, 0.29) is 17.8 Å². The number of halogens is 1. The normalized spacial score (nSPS) is 17.9. The van der Waals surface area contributed by atoms with Crippen molar-refractivity contribution in [3.63, 3.8) is 0 Å². The molecule has 0 bridgehead atoms. The fourth-order valence-electron chi connectivity index (χ4n) is 4.66. The number of benzene rings is 2. The molecule has 172 valence electrons. The molecule has 0 radical (unpaired) electrons. The van der Waals surface area contributed by atoms with Gasteiger partial charge in [-0.3, -0.25) is 0 Å². The van der Waals surface area contributed by atoms with E-state index in [9.17, 15) is 4.39 Å². The molecule has 34 heavy (non-hydrogen) atoms. The van der Waals surface area contributed by atoms with Gasteiger partial charge in [0.1, 0.15) is 5.82 Å². The molecule has 7 heteroatoms. The second-order valence-corrected chi connectivity index (χ2v) is 8.59. The van der Waals surface area contributed by atoms with Crippen molar-refractivity contribution in [2.75, 3.05) is 11.9 Å². The van der Waals surface area contributed by atoms with Gasteiger partial charge in [0.15, 0.2) is 11.6 Å². The first-order valence-corrected chi connectivity index (χ1v) is 11.7. The average Bonchev–Trinajstić information content (AvgIpc) is 3.25. The van der Waals surface area contributed by atoms with Gasteiger partial charge in [0.2, 0.25) is 0 Å². The highest BCUT2D eigenvalue weighted by Gasteiger charge is 2.28. The number of nitrogens with one attached hydrogen (secondary N) is 1. The molecule has 0 saturated heterocycles. The van der Waals surface area contributed by atoms with Crippen LogP contribution in [0, 0.1) is 17.1 Å². The summed E-state index contributed by atoms with van der Waals surface area (Å²) in [6.07, 6.45) is 5.37. The molecule has 1 saturated carbocycles. The smallest absolute Gasteiger partial charge is 0.165 e. The highest BCUT2D eigenvalue weighted by Crippen LogP contribution is 2.38. The molecule has 1 N–H and O–H groups in total. The van der Waals surface area contributed by atoms with Crippen molar-refractivity contribution in [2.24, 2.45) is 0 Å². The Labute approximate surface area is 198 Å². The third kappa shape index (κ3) is 4.32. The second-order valence-electron chi connectivity index (χ2n) is 8.59. The van der Waals surface area contributed by atoms with E-state index in [1.807, 2.05) is 29.9 Å². The monoisotopic (exact) mass is 455 g/mol. The van der Waals surface area contributed by atoms with Crippen LogP contribution in [0.1, 0.15) is 49.8 Å². The van der Waals surface area contributed by atoms with E-state index < -0.39 is 0 Å². The third-order valence-electron chi connectivity index (χ3n) is 6.38. The van der Waals surface area contributed by atoms with Gasteiger partial charge in [-0.15, -0.1) is 0 Å². The maximum atomic E-state index is 14.0. The van der Waals surface area contributed by atoms with Gasteiger partial charge in [0.05, 0.1) is 40.8 Å². The number of hydrogen-bond acceptors (Lipinski definition) is 5. The van der Waals surface area contributed by atoms with Crippen LogP contribution < -0.4 is 10.1 Å². The highest BCUT2D eigenvalue weighted by molar-refractivity contribution is 5.85. The van der Waals surface area contributed by atoms with E-state index in [0.717, 1.165) is 60.3 Å². The minimum Gasteiger partial charge on any atom is -0.487 e. The molecule has 2 heterocycles. The lowest BCUT2D eigenvalue weighted by atomic mass is 9.84. The van der Waals surface area contributed by atoms with E-state index >= 15 is 0 Å². The number of pyridine rings is 1. The Kier molecular flexibility index (Phi) is 6.13. The standard InChI is InChI=1S/C27H26FN5O/c1-2-30-26-15-22-24(17-31-26)33(20-11-7-18(16-29)8-12-20)32-27(22)19-9-13-21(14-10-19)34-25-6-4-3-5-23(25)28/h3-8,11-12,15,17,19,21H,2,9-10,13-14H2,1H3,(H,30,31). The quantitative estimate of drug-likeness (QED) is 0.388. The van der Waals surface area contributed by atoms with Crippen LogP contribution >= 0.6 is 0 Å². The molecule has 1 fully saturated rings. The highest BCUT2D eigenvalue weighted by atomic mass is 19.1. The number of aromatic nitrogens is 3. The SMILES string of the molecule is CCNc1cc2c(C3CCC(Oc4ccccc4F)CC3)nn(-c3ccc(C#N)cc3)c2cn1. The van der Waals surface area contributed by atoms with Crippen molar-refractivity contribution < 1.29 is 9.13 Å². The van der Waals surface area contributed by atoms with Crippen molar-refractivity contribution in [1.29, 1.82) is 5.26 Å². The lowest BCUT2D eigenvalue weighted by molar-refractivity contribution is 0.140. The van der Waals surface area contributed by atoms with Crippen LogP contribution in [0.5, 0.6) is 5.75 Å². The summed E-state index contributed by atoms with van der Waals surface area (Å²) in [6.45, 7) is 2.83.